The van der Waals surface area contributed by atoms with Crippen molar-refractivity contribution < 1.29 is 0 Å². The lowest BCUT2D eigenvalue weighted by molar-refractivity contribution is 0.519. The van der Waals surface area contributed by atoms with Gasteiger partial charge < -0.3 is 0 Å². The van der Waals surface area contributed by atoms with Gasteiger partial charge in [0.2, 0.25) is 0 Å². The largest absolute Gasteiger partial charge is 0.0819 e. The van der Waals surface area contributed by atoms with E-state index in [4.69, 9.17) is 0 Å². The van der Waals surface area contributed by atoms with E-state index in [1.807, 2.05) is 62.8 Å². The Balaban J connectivity index is 1.94. The van der Waals surface area contributed by atoms with Crippen molar-refractivity contribution in [1.82, 2.24) is 0 Å². The van der Waals surface area contributed by atoms with Crippen LogP contribution in [0.3, 0.4) is 0 Å². The van der Waals surface area contributed by atoms with Crippen LogP contribution in [0.4, 0.5) is 0 Å². The van der Waals surface area contributed by atoms with Crippen LogP contribution in [-0.2, 0) is 0 Å². The molecule has 0 amide bonds. The van der Waals surface area contributed by atoms with Crippen LogP contribution in [0.1, 0.15) is 0 Å². The molecule has 0 atom stereocenters. The quantitative estimate of drug-likeness (QED) is 0.598. The Kier molecular flexibility index (Phi) is 3.99. The minimum absolute atomic E-state index is 0.668. The zero-order chi connectivity index (χ0) is 7.57. The average Bonchev–Trinajstić information content (AvgIpc) is 2.07. The highest BCUT2D eigenvalue weighted by molar-refractivity contribution is 9.10. The van der Waals surface area contributed by atoms with Gasteiger partial charge in [-0.25, -0.2) is 0 Å². The van der Waals surface area contributed by atoms with E-state index in [9.17, 15) is 0 Å². The number of rotatable bonds is 0. The molecule has 0 aromatic carbocycles. The molecule has 2 rings (SSSR count). The van der Waals surface area contributed by atoms with Crippen molar-refractivity contribution in [3.63, 3.8) is 0 Å². The van der Waals surface area contributed by atoms with Crippen LogP contribution in [-0.4, -0.2) is 23.0 Å². The maximum absolute atomic E-state index is 2.04. The lowest BCUT2D eigenvalue weighted by atomic mass is 9.99. The third kappa shape index (κ3) is 2.53. The van der Waals surface area contributed by atoms with E-state index in [0.29, 0.717) is 5.41 Å². The second-order valence-electron chi connectivity index (χ2n) is 2.68. The van der Waals surface area contributed by atoms with Gasteiger partial charge in [-0.05, 0) is 19.7 Å². The van der Waals surface area contributed by atoms with Crippen molar-refractivity contribution in [3.8, 4) is 0 Å². The molecule has 0 unspecified atom stereocenters. The number of hydrogen-bond acceptors (Lipinski definition) is 6. The molecule has 11 heavy (non-hydrogen) atoms. The minimum Gasteiger partial charge on any atom is -0.0819 e. The van der Waals surface area contributed by atoms with Gasteiger partial charge in [0, 0.05) is 28.4 Å². The molecule has 2 saturated heterocycles. The summed E-state index contributed by atoms with van der Waals surface area (Å²) in [4.78, 5) is 0. The van der Waals surface area contributed by atoms with Crippen molar-refractivity contribution >= 4 is 62.8 Å². The van der Waals surface area contributed by atoms with Gasteiger partial charge in [-0.3, -0.25) is 0 Å². The van der Waals surface area contributed by atoms with Crippen LogP contribution >= 0.6 is 62.8 Å². The molecule has 2 fully saturated rings. The SMILES string of the molecule is C1SSSCC12CSSSC2. The molecular formula is C5H8S6. The first-order valence-corrected chi connectivity index (χ1v) is 10.9. The lowest BCUT2D eigenvalue weighted by Crippen LogP contribution is -2.34. The molecule has 2 aliphatic rings. The summed E-state index contributed by atoms with van der Waals surface area (Å²) in [7, 11) is 12.1. The minimum atomic E-state index is 0.668. The molecule has 0 N–H and O–H groups in total. The molecule has 64 valence electrons. The third-order valence-electron chi connectivity index (χ3n) is 1.65. The fourth-order valence-corrected chi connectivity index (χ4v) is 11.2. The van der Waals surface area contributed by atoms with Crippen LogP contribution in [0.15, 0.2) is 0 Å². The zero-order valence-corrected chi connectivity index (χ0v) is 10.7. The second-order valence-corrected chi connectivity index (χ2v) is 11.1. The molecule has 6 heteroatoms. The summed E-state index contributed by atoms with van der Waals surface area (Å²) in [6, 6.07) is 0. The normalized spacial score (nSPS) is 30.5. The smallest absolute Gasteiger partial charge is 0.0126 e. The third-order valence-corrected chi connectivity index (χ3v) is 11.0. The molecule has 0 radical (unpaired) electrons. The molecular weight excluding hydrogens is 252 g/mol. The average molecular weight is 261 g/mol. The molecule has 2 aliphatic heterocycles. The summed E-state index contributed by atoms with van der Waals surface area (Å²) in [5.74, 6) is 5.47. The fourth-order valence-electron chi connectivity index (χ4n) is 0.914. The Hall–Kier alpha value is 2.10. The van der Waals surface area contributed by atoms with E-state index >= 15 is 0 Å². The van der Waals surface area contributed by atoms with Gasteiger partial charge in [0.1, 0.15) is 0 Å². The molecule has 0 aromatic rings. The number of hydrogen-bond donors (Lipinski definition) is 0. The molecule has 0 saturated carbocycles. The Morgan fingerprint density at radius 1 is 0.636 bits per heavy atom. The first kappa shape index (κ1) is 9.65. The Labute approximate surface area is 90.5 Å². The van der Waals surface area contributed by atoms with E-state index in [0.717, 1.165) is 0 Å². The van der Waals surface area contributed by atoms with E-state index < -0.39 is 0 Å². The summed E-state index contributed by atoms with van der Waals surface area (Å²) < 4.78 is 0. The van der Waals surface area contributed by atoms with Gasteiger partial charge >= 0.3 is 0 Å². The Bertz CT molecular complexity index is 105. The van der Waals surface area contributed by atoms with Crippen LogP contribution in [0, 0.1) is 5.41 Å². The van der Waals surface area contributed by atoms with Crippen molar-refractivity contribution in [2.24, 2.45) is 5.41 Å². The van der Waals surface area contributed by atoms with E-state index in [1.54, 1.807) is 0 Å². The van der Waals surface area contributed by atoms with Crippen molar-refractivity contribution in [3.05, 3.63) is 0 Å². The summed E-state index contributed by atoms with van der Waals surface area (Å²) >= 11 is 0. The zero-order valence-electron chi connectivity index (χ0n) is 5.78. The monoisotopic (exact) mass is 260 g/mol. The summed E-state index contributed by atoms with van der Waals surface area (Å²) in [6.45, 7) is 0. The molecule has 0 aromatic heterocycles. The van der Waals surface area contributed by atoms with Gasteiger partial charge in [0.25, 0.3) is 0 Å². The van der Waals surface area contributed by atoms with Gasteiger partial charge in [-0.1, -0.05) is 43.2 Å². The maximum Gasteiger partial charge on any atom is 0.0126 e. The van der Waals surface area contributed by atoms with E-state index in [2.05, 4.69) is 0 Å². The summed E-state index contributed by atoms with van der Waals surface area (Å²) in [5, 5.41) is 0. The first-order valence-electron chi connectivity index (χ1n) is 3.24. The summed E-state index contributed by atoms with van der Waals surface area (Å²) in [5.41, 5.74) is 0.668. The second kappa shape index (κ2) is 4.55. The Morgan fingerprint density at radius 3 is 1.36 bits per heavy atom. The van der Waals surface area contributed by atoms with Crippen LogP contribution in [0.5, 0.6) is 0 Å². The topological polar surface area (TPSA) is 0 Å². The van der Waals surface area contributed by atoms with E-state index in [1.165, 1.54) is 23.0 Å². The molecule has 2 heterocycles. The molecule has 0 bridgehead atoms. The highest BCUT2D eigenvalue weighted by Gasteiger charge is 2.36. The van der Waals surface area contributed by atoms with Gasteiger partial charge in [0.05, 0.1) is 0 Å². The standard InChI is InChI=1S/C5H8S6/c1-5(2-7-10-6-1)3-8-11-9-4-5/h1-4H2. The first-order chi connectivity index (χ1) is 5.41. The van der Waals surface area contributed by atoms with Crippen molar-refractivity contribution in [1.29, 1.82) is 0 Å². The van der Waals surface area contributed by atoms with Gasteiger partial charge in [0.15, 0.2) is 0 Å². The van der Waals surface area contributed by atoms with Crippen LogP contribution in [0.2, 0.25) is 0 Å². The summed E-state index contributed by atoms with van der Waals surface area (Å²) in [6.07, 6.45) is 0. The highest BCUT2D eigenvalue weighted by Crippen LogP contribution is 2.56. The Morgan fingerprint density at radius 2 is 1.00 bits per heavy atom. The van der Waals surface area contributed by atoms with Crippen LogP contribution < -0.4 is 0 Å². The van der Waals surface area contributed by atoms with Crippen molar-refractivity contribution in [2.75, 3.05) is 23.0 Å². The highest BCUT2D eigenvalue weighted by atomic mass is 33.5. The van der Waals surface area contributed by atoms with Crippen LogP contribution in [0.25, 0.3) is 0 Å². The molecule has 0 nitrogen and oxygen atoms in total. The van der Waals surface area contributed by atoms with E-state index in [-0.39, 0.29) is 0 Å². The predicted octanol–water partition coefficient (Wildman–Crippen LogP) is 4.06. The van der Waals surface area contributed by atoms with Gasteiger partial charge in [-0.2, -0.15) is 0 Å². The fraction of sp³-hybridized carbons (Fsp3) is 1.00. The van der Waals surface area contributed by atoms with Gasteiger partial charge in [-0.15, -0.1) is 0 Å². The van der Waals surface area contributed by atoms with Crippen molar-refractivity contribution in [2.45, 2.75) is 0 Å². The lowest BCUT2D eigenvalue weighted by Gasteiger charge is -2.37. The molecule has 1 spiro atoms. The maximum atomic E-state index is 2.04. The molecule has 0 aliphatic carbocycles. The predicted molar refractivity (Wildman–Crippen MR) is 67.4 cm³/mol.